The van der Waals surface area contributed by atoms with Gasteiger partial charge in [-0.3, -0.25) is 4.79 Å². The molecule has 1 N–H and O–H groups in total. The Morgan fingerprint density at radius 2 is 1.62 bits per heavy atom. The van der Waals surface area contributed by atoms with E-state index < -0.39 is 0 Å². The summed E-state index contributed by atoms with van der Waals surface area (Å²) in [4.78, 5) is 22.5. The van der Waals surface area contributed by atoms with Crippen molar-refractivity contribution >= 4 is 23.5 Å². The molecule has 0 aliphatic heterocycles. The van der Waals surface area contributed by atoms with Crippen molar-refractivity contribution in [1.82, 2.24) is 5.32 Å². The number of thioether (sulfide) groups is 1. The Labute approximate surface area is 180 Å². The van der Waals surface area contributed by atoms with Gasteiger partial charge in [0.25, 0.3) is 0 Å². The third-order valence-electron chi connectivity index (χ3n) is 2.99. The monoisotopic (exact) mass is 432 g/mol. The number of carbonyl (C=O) groups excluding carboxylic acids is 2. The fourth-order valence-electron chi connectivity index (χ4n) is 1.98. The molecule has 24 heavy (non-hydrogen) atoms. The molecule has 0 aliphatic carbocycles. The third kappa shape index (κ3) is 18.9. The molecule has 0 aromatic rings. The van der Waals surface area contributed by atoms with Gasteiger partial charge in [0.15, 0.2) is 0 Å². The van der Waals surface area contributed by atoms with Crippen molar-refractivity contribution in [3.05, 3.63) is 13.8 Å². The number of hydrogen-bond donors (Lipinski definition) is 1. The predicted molar refractivity (Wildman–Crippen MR) is 103 cm³/mol. The molecule has 3 nitrogen and oxygen atoms in total. The summed E-state index contributed by atoms with van der Waals surface area (Å²) in [7, 11) is 0. The standard InChI is InChI=1S/C12H23O.C7H14NOS.Y/c1-9(8-11(2,3)4)10(13)12(5,6)7;1-3-4-5-8-7(9)6-10-2;/h9H,1,8H2,2-7H3;1,3-6H2,2H3,(H,8,9);/q2*-1;. The van der Waals surface area contributed by atoms with Gasteiger partial charge in [0.05, 0.1) is 5.75 Å². The Kier molecular flexibility index (Phi) is 18.0. The molecule has 1 radical (unpaired) electrons. The molecule has 0 bridgehead atoms. The third-order valence-corrected chi connectivity index (χ3v) is 3.54. The number of hydrogen-bond acceptors (Lipinski definition) is 3. The van der Waals surface area contributed by atoms with Gasteiger partial charge in [-0.1, -0.05) is 54.4 Å². The van der Waals surface area contributed by atoms with E-state index in [9.17, 15) is 9.59 Å². The second-order valence-electron chi connectivity index (χ2n) is 8.07. The van der Waals surface area contributed by atoms with Gasteiger partial charge in [-0.05, 0) is 11.7 Å². The summed E-state index contributed by atoms with van der Waals surface area (Å²) in [5.41, 5.74) is -0.0645. The molecule has 1 atom stereocenters. The topological polar surface area (TPSA) is 46.2 Å². The molecule has 0 heterocycles. The van der Waals surface area contributed by atoms with Crippen molar-refractivity contribution < 1.29 is 42.3 Å². The van der Waals surface area contributed by atoms with Gasteiger partial charge in [-0.15, -0.1) is 5.92 Å². The minimum atomic E-state index is -0.252. The Balaban J connectivity index is -0.000000364. The molecule has 0 fully saturated rings. The Morgan fingerprint density at radius 3 is 1.96 bits per heavy atom. The summed E-state index contributed by atoms with van der Waals surface area (Å²) >= 11 is 1.54. The molecule has 1 amide bonds. The largest absolute Gasteiger partial charge is 0.355 e. The minimum absolute atomic E-state index is 0. The van der Waals surface area contributed by atoms with Gasteiger partial charge >= 0.3 is 0 Å². The molecule has 0 saturated heterocycles. The number of nitrogens with one attached hydrogen (secondary N) is 1. The van der Waals surface area contributed by atoms with Gasteiger partial charge in [-0.2, -0.15) is 18.2 Å². The van der Waals surface area contributed by atoms with E-state index >= 15 is 0 Å². The molecule has 0 spiro atoms. The van der Waals surface area contributed by atoms with Crippen LogP contribution < -0.4 is 5.32 Å². The first-order chi connectivity index (χ1) is 10.3. The fraction of sp³-hybridized carbons (Fsp3) is 0.789. The zero-order valence-electron chi connectivity index (χ0n) is 16.8. The second kappa shape index (κ2) is 14.7. The van der Waals surface area contributed by atoms with Crippen LogP contribution in [0.2, 0.25) is 0 Å². The van der Waals surface area contributed by atoms with Crippen LogP contribution in [0.4, 0.5) is 0 Å². The fourth-order valence-corrected chi connectivity index (χ4v) is 2.34. The number of unbranched alkanes of at least 4 members (excludes halogenated alkanes) is 1. The van der Waals surface area contributed by atoms with Crippen LogP contribution in [0.15, 0.2) is 0 Å². The predicted octanol–water partition coefficient (Wildman–Crippen LogP) is 4.57. The van der Waals surface area contributed by atoms with Gasteiger partial charge in [-0.25, -0.2) is 0 Å². The normalized spacial score (nSPS) is 12.4. The average Bonchev–Trinajstić information content (AvgIpc) is 2.36. The van der Waals surface area contributed by atoms with E-state index in [1.54, 1.807) is 11.8 Å². The molecule has 0 aromatic carbocycles. The van der Waals surface area contributed by atoms with Crippen molar-refractivity contribution in [2.75, 3.05) is 18.6 Å². The summed E-state index contributed by atoms with van der Waals surface area (Å²) in [6.07, 6.45) is 4.64. The zero-order chi connectivity index (χ0) is 18.7. The van der Waals surface area contributed by atoms with Crippen LogP contribution in [0.5, 0.6) is 0 Å². The molecule has 0 aromatic heterocycles. The smallest absolute Gasteiger partial charge is 0.229 e. The maximum absolute atomic E-state index is 11.8. The molecule has 5 heteroatoms. The van der Waals surface area contributed by atoms with Crippen molar-refractivity contribution in [3.63, 3.8) is 0 Å². The van der Waals surface area contributed by atoms with Gasteiger partial charge < -0.3 is 24.0 Å². The minimum Gasteiger partial charge on any atom is -0.355 e. The molecule has 0 rings (SSSR count). The van der Waals surface area contributed by atoms with E-state index in [1.807, 2.05) is 27.0 Å². The number of carbonyl (C=O) groups is 2. The summed E-state index contributed by atoms with van der Waals surface area (Å²) in [5, 5.41) is 2.78. The maximum Gasteiger partial charge on any atom is 0.229 e. The van der Waals surface area contributed by atoms with E-state index in [1.165, 1.54) is 0 Å². The van der Waals surface area contributed by atoms with Crippen molar-refractivity contribution in [1.29, 1.82) is 0 Å². The maximum atomic E-state index is 11.8. The van der Waals surface area contributed by atoms with Crippen LogP contribution in [0.1, 0.15) is 60.8 Å². The van der Waals surface area contributed by atoms with Crippen molar-refractivity contribution in [2.24, 2.45) is 16.7 Å². The van der Waals surface area contributed by atoms with Gasteiger partial charge in [0.1, 0.15) is 5.78 Å². The molecular weight excluding hydrogens is 395 g/mol. The van der Waals surface area contributed by atoms with Gasteiger partial charge in [0.2, 0.25) is 5.91 Å². The van der Waals surface area contributed by atoms with E-state index in [0.717, 1.165) is 25.8 Å². The van der Waals surface area contributed by atoms with Crippen molar-refractivity contribution in [3.8, 4) is 0 Å². The van der Waals surface area contributed by atoms with Crippen LogP contribution in [0.3, 0.4) is 0 Å². The first kappa shape index (κ1) is 29.4. The van der Waals surface area contributed by atoms with E-state index in [0.29, 0.717) is 5.75 Å². The number of amides is 1. The number of rotatable bonds is 7. The van der Waals surface area contributed by atoms with E-state index in [4.69, 9.17) is 0 Å². The SMILES string of the molecule is [CH2-]C(CC(C)(C)C)C(=O)C(C)(C)C.[CH2-]CCCNC(=O)CSC.[Y]. The van der Waals surface area contributed by atoms with Crippen LogP contribution in [-0.4, -0.2) is 30.2 Å². The summed E-state index contributed by atoms with van der Waals surface area (Å²) < 4.78 is 0. The molecule has 0 aliphatic rings. The molecular formula is C19H37NO2SY-2. The Bertz CT molecular complexity index is 346. The number of ketones is 1. The van der Waals surface area contributed by atoms with Crippen LogP contribution in [-0.2, 0) is 42.3 Å². The van der Waals surface area contributed by atoms with E-state index in [2.05, 4.69) is 39.9 Å². The summed E-state index contributed by atoms with van der Waals surface area (Å²) in [5.74, 6) is 0.889. The zero-order valence-corrected chi connectivity index (χ0v) is 20.5. The molecule has 141 valence electrons. The van der Waals surface area contributed by atoms with Crippen LogP contribution >= 0.6 is 11.8 Å². The first-order valence-corrected chi connectivity index (χ1v) is 9.66. The van der Waals surface area contributed by atoms with Crippen molar-refractivity contribution in [2.45, 2.75) is 60.8 Å². The second-order valence-corrected chi connectivity index (χ2v) is 8.93. The van der Waals surface area contributed by atoms with Crippen LogP contribution in [0, 0.1) is 30.6 Å². The molecule has 0 saturated carbocycles. The van der Waals surface area contributed by atoms with Gasteiger partial charge in [0, 0.05) is 44.7 Å². The Morgan fingerprint density at radius 1 is 1.12 bits per heavy atom. The van der Waals surface area contributed by atoms with Crippen LogP contribution in [0.25, 0.3) is 0 Å². The quantitative estimate of drug-likeness (QED) is 0.474. The summed E-state index contributed by atoms with van der Waals surface area (Å²) in [6.45, 7) is 20.7. The Hall–Kier alpha value is 0.594. The number of Topliss-reactive ketones (excluding diaryl/α,β-unsaturated/α-hetero) is 1. The average molecular weight is 432 g/mol. The molecule has 1 unspecified atom stereocenters. The summed E-state index contributed by atoms with van der Waals surface area (Å²) in [6, 6.07) is 0. The van der Waals surface area contributed by atoms with E-state index in [-0.39, 0.29) is 61.1 Å². The first-order valence-electron chi connectivity index (χ1n) is 8.27.